The number of aryl methyl sites for hydroxylation is 1. The van der Waals surface area contributed by atoms with Gasteiger partial charge in [0, 0.05) is 12.6 Å². The summed E-state index contributed by atoms with van der Waals surface area (Å²) >= 11 is 0. The number of hydrogen-bond donors (Lipinski definition) is 0. The summed E-state index contributed by atoms with van der Waals surface area (Å²) in [6.07, 6.45) is 2.50. The SMILES string of the molecule is COC(=O)c1c(C)nn2c1nnc1c(=O)n(Cc3ccc4c(c3)OCCCO4)ccc12. The molecule has 0 bridgehead atoms. The Kier molecular flexibility index (Phi) is 4.54. The van der Waals surface area contributed by atoms with Crippen LogP contribution in [0.2, 0.25) is 0 Å². The van der Waals surface area contributed by atoms with Crippen molar-refractivity contribution in [3.05, 3.63) is 57.6 Å². The standard InChI is InChI=1S/C21H19N5O5/c1-12-17(21(28)29-2)19-23-22-18-14(26(19)24-12)6-7-25(20(18)27)11-13-4-5-15-16(10-13)31-9-3-8-30-15/h4-7,10H,3,8-9,11H2,1-2H3. The van der Waals surface area contributed by atoms with Gasteiger partial charge in [-0.25, -0.2) is 9.31 Å². The molecule has 1 aromatic carbocycles. The molecular formula is C21H19N5O5. The number of esters is 1. The molecule has 4 aromatic rings. The third-order valence-corrected chi connectivity index (χ3v) is 5.18. The zero-order valence-corrected chi connectivity index (χ0v) is 17.0. The van der Waals surface area contributed by atoms with Gasteiger partial charge in [0.1, 0.15) is 11.1 Å². The fourth-order valence-electron chi connectivity index (χ4n) is 3.66. The molecule has 3 aromatic heterocycles. The van der Waals surface area contributed by atoms with E-state index in [9.17, 15) is 9.59 Å². The first-order valence-corrected chi connectivity index (χ1v) is 9.79. The first-order valence-electron chi connectivity index (χ1n) is 9.79. The normalized spacial score (nSPS) is 13.4. The van der Waals surface area contributed by atoms with Crippen molar-refractivity contribution < 1.29 is 19.0 Å². The molecule has 0 N–H and O–H groups in total. The van der Waals surface area contributed by atoms with Crippen LogP contribution in [0.3, 0.4) is 0 Å². The maximum atomic E-state index is 13.1. The van der Waals surface area contributed by atoms with E-state index in [0.717, 1.165) is 12.0 Å². The molecule has 0 unspecified atom stereocenters. The third kappa shape index (κ3) is 3.16. The minimum absolute atomic E-state index is 0.156. The Balaban J connectivity index is 1.56. The lowest BCUT2D eigenvalue weighted by atomic mass is 10.2. The molecule has 0 saturated carbocycles. The molecule has 0 radical (unpaired) electrons. The van der Waals surface area contributed by atoms with E-state index in [2.05, 4.69) is 15.3 Å². The van der Waals surface area contributed by atoms with E-state index in [1.165, 1.54) is 11.6 Å². The predicted octanol–water partition coefficient (Wildman–Crippen LogP) is 1.74. The van der Waals surface area contributed by atoms with Crippen molar-refractivity contribution in [1.29, 1.82) is 0 Å². The summed E-state index contributed by atoms with van der Waals surface area (Å²) in [6.45, 7) is 3.22. The summed E-state index contributed by atoms with van der Waals surface area (Å²) in [7, 11) is 1.29. The number of carbonyl (C=O) groups is 1. The summed E-state index contributed by atoms with van der Waals surface area (Å²) in [6, 6.07) is 7.37. The van der Waals surface area contributed by atoms with Gasteiger partial charge in [0.2, 0.25) is 0 Å². The predicted molar refractivity (Wildman–Crippen MR) is 110 cm³/mol. The van der Waals surface area contributed by atoms with Crippen LogP contribution in [0.5, 0.6) is 11.5 Å². The van der Waals surface area contributed by atoms with Crippen LogP contribution in [0.1, 0.15) is 28.0 Å². The van der Waals surface area contributed by atoms with Crippen molar-refractivity contribution in [3.63, 3.8) is 0 Å². The monoisotopic (exact) mass is 421 g/mol. The number of fused-ring (bicyclic) bond motifs is 4. The Morgan fingerprint density at radius 2 is 1.97 bits per heavy atom. The molecule has 31 heavy (non-hydrogen) atoms. The highest BCUT2D eigenvalue weighted by Gasteiger charge is 2.22. The second-order valence-electron chi connectivity index (χ2n) is 7.20. The molecule has 10 nitrogen and oxygen atoms in total. The molecule has 10 heteroatoms. The molecule has 5 rings (SSSR count). The molecule has 1 aliphatic heterocycles. The number of pyridine rings is 1. The molecule has 0 atom stereocenters. The van der Waals surface area contributed by atoms with Crippen LogP contribution in [0.4, 0.5) is 0 Å². The second kappa shape index (κ2) is 7.38. The highest BCUT2D eigenvalue weighted by molar-refractivity contribution is 5.97. The number of ether oxygens (including phenoxy) is 3. The molecule has 158 valence electrons. The van der Waals surface area contributed by atoms with Crippen molar-refractivity contribution in [2.75, 3.05) is 20.3 Å². The van der Waals surface area contributed by atoms with Gasteiger partial charge in [0.15, 0.2) is 22.7 Å². The zero-order chi connectivity index (χ0) is 21.5. The molecular weight excluding hydrogens is 402 g/mol. The molecule has 0 fully saturated rings. The van der Waals surface area contributed by atoms with Crippen molar-refractivity contribution in [3.8, 4) is 11.5 Å². The smallest absolute Gasteiger partial charge is 0.343 e. The van der Waals surface area contributed by atoms with Crippen molar-refractivity contribution in [2.45, 2.75) is 19.9 Å². The minimum Gasteiger partial charge on any atom is -0.490 e. The van der Waals surface area contributed by atoms with Crippen LogP contribution in [0, 0.1) is 6.92 Å². The maximum Gasteiger partial charge on any atom is 0.343 e. The average Bonchev–Trinajstić information content (AvgIpc) is 2.95. The number of rotatable bonds is 3. The van der Waals surface area contributed by atoms with E-state index in [1.54, 1.807) is 23.8 Å². The number of carbonyl (C=O) groups excluding carboxylic acids is 1. The lowest BCUT2D eigenvalue weighted by Gasteiger charge is -2.11. The summed E-state index contributed by atoms with van der Waals surface area (Å²) in [5, 5.41) is 12.5. The topological polar surface area (TPSA) is 110 Å². The Morgan fingerprint density at radius 3 is 2.77 bits per heavy atom. The van der Waals surface area contributed by atoms with Gasteiger partial charge >= 0.3 is 5.97 Å². The second-order valence-corrected chi connectivity index (χ2v) is 7.20. The molecule has 0 amide bonds. The lowest BCUT2D eigenvalue weighted by Crippen LogP contribution is -2.22. The number of hydrogen-bond acceptors (Lipinski definition) is 8. The van der Waals surface area contributed by atoms with Crippen LogP contribution in [-0.2, 0) is 11.3 Å². The third-order valence-electron chi connectivity index (χ3n) is 5.18. The number of benzene rings is 1. The zero-order valence-electron chi connectivity index (χ0n) is 17.0. The first-order chi connectivity index (χ1) is 15.1. The van der Waals surface area contributed by atoms with Gasteiger partial charge in [0.25, 0.3) is 5.56 Å². The lowest BCUT2D eigenvalue weighted by molar-refractivity contribution is 0.0602. The Morgan fingerprint density at radius 1 is 1.16 bits per heavy atom. The van der Waals surface area contributed by atoms with Gasteiger partial charge in [-0.05, 0) is 30.7 Å². The summed E-state index contributed by atoms with van der Waals surface area (Å²) < 4.78 is 19.2. The first kappa shape index (κ1) is 19.0. The van der Waals surface area contributed by atoms with Crippen LogP contribution in [0.15, 0.2) is 35.3 Å². The van der Waals surface area contributed by atoms with Gasteiger partial charge in [0.05, 0.1) is 32.6 Å². The summed E-state index contributed by atoms with van der Waals surface area (Å²) in [4.78, 5) is 25.1. The highest BCUT2D eigenvalue weighted by Crippen LogP contribution is 2.30. The fourth-order valence-corrected chi connectivity index (χ4v) is 3.66. The average molecular weight is 421 g/mol. The Labute approximate surface area is 176 Å². The highest BCUT2D eigenvalue weighted by atomic mass is 16.5. The van der Waals surface area contributed by atoms with Crippen LogP contribution in [-0.4, -0.2) is 50.7 Å². The van der Waals surface area contributed by atoms with E-state index in [4.69, 9.17) is 14.2 Å². The van der Waals surface area contributed by atoms with Gasteiger partial charge in [-0.1, -0.05) is 6.07 Å². The van der Waals surface area contributed by atoms with Crippen molar-refractivity contribution in [1.82, 2.24) is 24.4 Å². The van der Waals surface area contributed by atoms with E-state index in [-0.39, 0.29) is 22.3 Å². The van der Waals surface area contributed by atoms with Gasteiger partial charge in [-0.3, -0.25) is 4.79 Å². The quantitative estimate of drug-likeness (QED) is 0.460. The van der Waals surface area contributed by atoms with Gasteiger partial charge in [-0.2, -0.15) is 5.10 Å². The molecule has 0 spiro atoms. The number of aromatic nitrogens is 5. The summed E-state index contributed by atoms with van der Waals surface area (Å²) in [5.41, 5.74) is 2.12. The van der Waals surface area contributed by atoms with Gasteiger partial charge in [-0.15, -0.1) is 10.2 Å². The summed E-state index contributed by atoms with van der Waals surface area (Å²) in [5.74, 6) is 0.826. The Bertz CT molecular complexity index is 1390. The Hall–Kier alpha value is -3.95. The van der Waals surface area contributed by atoms with E-state index < -0.39 is 5.97 Å². The van der Waals surface area contributed by atoms with E-state index in [1.807, 2.05) is 18.2 Å². The molecule has 4 heterocycles. The van der Waals surface area contributed by atoms with Crippen molar-refractivity contribution in [2.24, 2.45) is 0 Å². The fraction of sp³-hybridized carbons (Fsp3) is 0.286. The number of methoxy groups -OCH3 is 1. The van der Waals surface area contributed by atoms with Crippen molar-refractivity contribution >= 4 is 22.6 Å². The largest absolute Gasteiger partial charge is 0.490 e. The van der Waals surface area contributed by atoms with Gasteiger partial charge < -0.3 is 18.8 Å². The number of nitrogens with zero attached hydrogens (tertiary/aromatic N) is 5. The molecule has 0 aliphatic carbocycles. The van der Waals surface area contributed by atoms with E-state index >= 15 is 0 Å². The molecule has 0 saturated heterocycles. The van der Waals surface area contributed by atoms with Crippen LogP contribution < -0.4 is 15.0 Å². The van der Waals surface area contributed by atoms with Crippen LogP contribution >= 0.6 is 0 Å². The van der Waals surface area contributed by atoms with Crippen LogP contribution in [0.25, 0.3) is 16.7 Å². The molecule has 1 aliphatic rings. The van der Waals surface area contributed by atoms with E-state index in [0.29, 0.717) is 42.5 Å². The minimum atomic E-state index is -0.552. The maximum absolute atomic E-state index is 13.1.